The lowest BCUT2D eigenvalue weighted by molar-refractivity contribution is -0.138. The van der Waals surface area contributed by atoms with Gasteiger partial charge in [0.25, 0.3) is 6.47 Å². The van der Waals surface area contributed by atoms with Gasteiger partial charge >= 0.3 is 0 Å². The Morgan fingerprint density at radius 3 is 2.22 bits per heavy atom. The SMILES string of the molecule is C=CCOC1(C)CCNCC1.CC(C)(C)OC=O. The second-order valence-electron chi connectivity index (χ2n) is 5.63. The average molecular weight is 257 g/mol. The Morgan fingerprint density at radius 1 is 1.33 bits per heavy atom. The van der Waals surface area contributed by atoms with Gasteiger partial charge in [-0.05, 0) is 53.6 Å². The summed E-state index contributed by atoms with van der Waals surface area (Å²) in [5, 5.41) is 3.31. The Hall–Kier alpha value is -0.870. The number of nitrogens with one attached hydrogen (secondary N) is 1. The number of carbonyl (C=O) groups excluding carboxylic acids is 1. The van der Waals surface area contributed by atoms with Crippen molar-refractivity contribution in [3.63, 3.8) is 0 Å². The fourth-order valence-corrected chi connectivity index (χ4v) is 1.50. The van der Waals surface area contributed by atoms with E-state index >= 15 is 0 Å². The van der Waals surface area contributed by atoms with E-state index in [0.717, 1.165) is 25.9 Å². The molecule has 18 heavy (non-hydrogen) atoms. The maximum Gasteiger partial charge on any atom is 0.293 e. The van der Waals surface area contributed by atoms with Crippen molar-refractivity contribution < 1.29 is 14.3 Å². The smallest absolute Gasteiger partial charge is 0.293 e. The first-order chi connectivity index (χ1) is 8.33. The van der Waals surface area contributed by atoms with Gasteiger partial charge in [0.15, 0.2) is 0 Å². The fourth-order valence-electron chi connectivity index (χ4n) is 1.50. The van der Waals surface area contributed by atoms with Crippen LogP contribution in [0.4, 0.5) is 0 Å². The van der Waals surface area contributed by atoms with Crippen LogP contribution in [0, 0.1) is 0 Å². The summed E-state index contributed by atoms with van der Waals surface area (Å²) >= 11 is 0. The predicted octanol–water partition coefficient (Wildman–Crippen LogP) is 2.29. The van der Waals surface area contributed by atoms with E-state index in [1.54, 1.807) is 0 Å². The van der Waals surface area contributed by atoms with Gasteiger partial charge in [0.2, 0.25) is 0 Å². The second-order valence-corrected chi connectivity index (χ2v) is 5.63. The van der Waals surface area contributed by atoms with Gasteiger partial charge in [0.05, 0.1) is 12.2 Å². The third kappa shape index (κ3) is 9.19. The number of piperidine rings is 1. The highest BCUT2D eigenvalue weighted by atomic mass is 16.5. The minimum Gasteiger partial charge on any atom is -0.462 e. The van der Waals surface area contributed by atoms with Crippen LogP contribution in [0.3, 0.4) is 0 Å². The molecule has 1 N–H and O–H groups in total. The van der Waals surface area contributed by atoms with Crippen molar-refractivity contribution in [1.29, 1.82) is 0 Å². The zero-order valence-corrected chi connectivity index (χ0v) is 12.1. The molecule has 0 saturated carbocycles. The molecular weight excluding hydrogens is 230 g/mol. The normalized spacial score (nSPS) is 18.2. The van der Waals surface area contributed by atoms with Crippen LogP contribution in [-0.2, 0) is 14.3 Å². The maximum atomic E-state index is 9.60. The van der Waals surface area contributed by atoms with E-state index in [0.29, 0.717) is 13.1 Å². The Labute approximate surface area is 111 Å². The van der Waals surface area contributed by atoms with Gasteiger partial charge in [-0.2, -0.15) is 0 Å². The van der Waals surface area contributed by atoms with E-state index in [2.05, 4.69) is 23.6 Å². The molecule has 4 heteroatoms. The first-order valence-electron chi connectivity index (χ1n) is 6.40. The topological polar surface area (TPSA) is 47.6 Å². The summed E-state index contributed by atoms with van der Waals surface area (Å²) in [6.45, 7) is 14.6. The Balaban J connectivity index is 0.000000360. The van der Waals surface area contributed by atoms with Crippen LogP contribution >= 0.6 is 0 Å². The van der Waals surface area contributed by atoms with E-state index in [1.807, 2.05) is 26.8 Å². The van der Waals surface area contributed by atoms with Crippen molar-refractivity contribution in [2.24, 2.45) is 0 Å². The van der Waals surface area contributed by atoms with Crippen molar-refractivity contribution in [2.45, 2.75) is 51.7 Å². The number of rotatable bonds is 4. The second kappa shape index (κ2) is 8.27. The Morgan fingerprint density at radius 2 is 1.89 bits per heavy atom. The molecule has 1 aliphatic rings. The Kier molecular flexibility index (Phi) is 7.87. The standard InChI is InChI=1S/C9H17NO.C5H10O2/c1-3-8-11-9(2)4-6-10-7-5-9;1-5(2,3)7-4-6/h3,10H,1,4-8H2,2H3;4H,1-3H3. The third-order valence-corrected chi connectivity index (χ3v) is 2.61. The molecule has 0 aliphatic carbocycles. The van der Waals surface area contributed by atoms with Crippen molar-refractivity contribution >= 4 is 6.47 Å². The molecule has 1 rings (SSSR count). The highest BCUT2D eigenvalue weighted by molar-refractivity contribution is 5.37. The van der Waals surface area contributed by atoms with E-state index in [-0.39, 0.29) is 11.2 Å². The van der Waals surface area contributed by atoms with Gasteiger partial charge in [-0.3, -0.25) is 4.79 Å². The quantitative estimate of drug-likeness (QED) is 0.620. The van der Waals surface area contributed by atoms with Crippen LogP contribution in [0.5, 0.6) is 0 Å². The molecule has 0 radical (unpaired) electrons. The van der Waals surface area contributed by atoms with Crippen molar-refractivity contribution in [2.75, 3.05) is 19.7 Å². The van der Waals surface area contributed by atoms with Crippen molar-refractivity contribution in [3.05, 3.63) is 12.7 Å². The number of carbonyl (C=O) groups is 1. The first kappa shape index (κ1) is 17.1. The average Bonchev–Trinajstić information content (AvgIpc) is 2.27. The van der Waals surface area contributed by atoms with Crippen LogP contribution in [-0.4, -0.2) is 37.4 Å². The molecule has 0 bridgehead atoms. The lowest BCUT2D eigenvalue weighted by Crippen LogP contribution is -2.41. The Bertz CT molecular complexity index is 240. The van der Waals surface area contributed by atoms with Crippen molar-refractivity contribution in [3.8, 4) is 0 Å². The summed E-state index contributed by atoms with van der Waals surface area (Å²) in [5.74, 6) is 0. The summed E-state index contributed by atoms with van der Waals surface area (Å²) in [6, 6.07) is 0. The molecule has 1 fully saturated rings. The monoisotopic (exact) mass is 257 g/mol. The van der Waals surface area contributed by atoms with Crippen molar-refractivity contribution in [1.82, 2.24) is 5.32 Å². The molecule has 0 spiro atoms. The van der Waals surface area contributed by atoms with E-state index < -0.39 is 0 Å². The van der Waals surface area contributed by atoms with Crippen LogP contribution < -0.4 is 5.32 Å². The maximum absolute atomic E-state index is 9.60. The molecule has 0 aromatic heterocycles. The highest BCUT2D eigenvalue weighted by Gasteiger charge is 2.26. The van der Waals surface area contributed by atoms with Crippen LogP contribution in [0.2, 0.25) is 0 Å². The molecule has 0 atom stereocenters. The lowest BCUT2D eigenvalue weighted by atomic mass is 9.95. The summed E-state index contributed by atoms with van der Waals surface area (Å²) < 4.78 is 10.2. The van der Waals surface area contributed by atoms with Crippen LogP contribution in [0.15, 0.2) is 12.7 Å². The minimum atomic E-state index is -0.318. The number of ether oxygens (including phenoxy) is 2. The zero-order valence-electron chi connectivity index (χ0n) is 12.1. The molecule has 0 amide bonds. The molecular formula is C14H27NO3. The lowest BCUT2D eigenvalue weighted by Gasteiger charge is -2.33. The van der Waals surface area contributed by atoms with Gasteiger partial charge in [-0.1, -0.05) is 6.08 Å². The summed E-state index contributed by atoms with van der Waals surface area (Å²) in [7, 11) is 0. The number of hydrogen-bond acceptors (Lipinski definition) is 4. The molecule has 106 valence electrons. The largest absolute Gasteiger partial charge is 0.462 e. The molecule has 1 aliphatic heterocycles. The zero-order chi connectivity index (χ0) is 14.1. The highest BCUT2D eigenvalue weighted by Crippen LogP contribution is 2.21. The predicted molar refractivity (Wildman–Crippen MR) is 73.6 cm³/mol. The van der Waals surface area contributed by atoms with E-state index in [4.69, 9.17) is 4.74 Å². The molecule has 1 heterocycles. The van der Waals surface area contributed by atoms with Gasteiger partial charge in [0.1, 0.15) is 5.60 Å². The molecule has 1 saturated heterocycles. The van der Waals surface area contributed by atoms with Crippen LogP contribution in [0.25, 0.3) is 0 Å². The van der Waals surface area contributed by atoms with Crippen LogP contribution in [0.1, 0.15) is 40.5 Å². The van der Waals surface area contributed by atoms with Gasteiger partial charge in [-0.15, -0.1) is 6.58 Å². The number of hydrogen-bond donors (Lipinski definition) is 1. The fraction of sp³-hybridized carbons (Fsp3) is 0.786. The third-order valence-electron chi connectivity index (χ3n) is 2.61. The summed E-state index contributed by atoms with van der Waals surface area (Å²) in [6.07, 6.45) is 4.04. The van der Waals surface area contributed by atoms with Gasteiger partial charge < -0.3 is 14.8 Å². The minimum absolute atomic E-state index is 0.0967. The van der Waals surface area contributed by atoms with E-state index in [1.165, 1.54) is 0 Å². The molecule has 4 nitrogen and oxygen atoms in total. The van der Waals surface area contributed by atoms with E-state index in [9.17, 15) is 4.79 Å². The first-order valence-corrected chi connectivity index (χ1v) is 6.40. The molecule has 0 unspecified atom stereocenters. The molecule has 0 aromatic rings. The van der Waals surface area contributed by atoms with Gasteiger partial charge in [-0.25, -0.2) is 0 Å². The van der Waals surface area contributed by atoms with Gasteiger partial charge in [0, 0.05) is 0 Å². The molecule has 0 aromatic carbocycles. The summed E-state index contributed by atoms with van der Waals surface area (Å²) in [4.78, 5) is 9.60. The summed E-state index contributed by atoms with van der Waals surface area (Å²) in [5.41, 5.74) is -0.221.